The van der Waals surface area contributed by atoms with Gasteiger partial charge in [0, 0.05) is 24.1 Å². The third kappa shape index (κ3) is 4.74. The topological polar surface area (TPSA) is 32.3 Å². The molecule has 0 fully saturated rings. The van der Waals surface area contributed by atoms with E-state index in [-0.39, 0.29) is 0 Å². The molecular weight excluding hydrogens is 325 g/mol. The lowest BCUT2D eigenvalue weighted by Crippen LogP contribution is -2.39. The van der Waals surface area contributed by atoms with Crippen LogP contribution in [0.2, 0.25) is 0 Å². The lowest BCUT2D eigenvalue weighted by atomic mass is 10.1. The van der Waals surface area contributed by atoms with Crippen LogP contribution < -0.4 is 10.2 Å². The number of fused-ring (bicyclic) bond motifs is 1. The van der Waals surface area contributed by atoms with E-state index >= 15 is 0 Å². The number of nitrogens with one attached hydrogen (secondary N) is 1. The van der Waals surface area contributed by atoms with Crippen LogP contribution in [0.1, 0.15) is 6.92 Å². The molecule has 0 aromatic heterocycles. The Bertz CT molecular complexity index is 451. The number of halogens is 4. The average Bonchev–Trinajstić information content (AvgIpc) is 2.34. The first kappa shape index (κ1) is 15.8. The van der Waals surface area contributed by atoms with Crippen LogP contribution >= 0.6 is 15.9 Å². The molecule has 0 radical (unpaired) electrons. The molecule has 1 N–H and O–H groups in total. The van der Waals surface area contributed by atoms with E-state index in [1.54, 1.807) is 0 Å². The van der Waals surface area contributed by atoms with Gasteiger partial charge in [-0.2, -0.15) is 13.2 Å². The number of likely N-dealkylation sites (N-methyl/N-ethyl adjacent to an activating group) is 1. The van der Waals surface area contributed by atoms with Gasteiger partial charge in [0.1, 0.15) is 0 Å². The number of carbonyl (C=O) groups is 1. The number of anilines is 2. The summed E-state index contributed by atoms with van der Waals surface area (Å²) in [5.41, 5.74) is 2.50. The van der Waals surface area contributed by atoms with Crippen LogP contribution in [0.15, 0.2) is 22.7 Å². The third-order valence-electron chi connectivity index (χ3n) is 2.72. The van der Waals surface area contributed by atoms with E-state index in [2.05, 4.69) is 58.3 Å². The molecule has 7 heteroatoms. The largest absolute Gasteiger partial charge is 0.446 e. The molecule has 1 aromatic rings. The monoisotopic (exact) mass is 338 g/mol. The van der Waals surface area contributed by atoms with Crippen LogP contribution in [0, 0.1) is 0 Å². The van der Waals surface area contributed by atoms with Crippen molar-refractivity contribution in [1.29, 1.82) is 0 Å². The molecule has 0 aliphatic carbocycles. The number of alkyl halides is 3. The van der Waals surface area contributed by atoms with Crippen molar-refractivity contribution in [2.45, 2.75) is 19.1 Å². The van der Waals surface area contributed by atoms with Gasteiger partial charge in [-0.1, -0.05) is 15.9 Å². The van der Waals surface area contributed by atoms with Crippen molar-refractivity contribution < 1.29 is 18.0 Å². The van der Waals surface area contributed by atoms with Gasteiger partial charge in [-0.25, -0.2) is 0 Å². The maximum absolute atomic E-state index is 10.4. The zero-order chi connectivity index (χ0) is 14.6. The number of rotatable bonds is 0. The van der Waals surface area contributed by atoms with Crippen LogP contribution in [-0.2, 0) is 4.79 Å². The molecule has 3 nitrogen and oxygen atoms in total. The summed E-state index contributed by atoms with van der Waals surface area (Å²) in [6.07, 6.45) is -5.70. The van der Waals surface area contributed by atoms with Crippen LogP contribution in [0.25, 0.3) is 0 Å². The number of carbonyl (C=O) groups excluding carboxylic acids is 1. The van der Waals surface area contributed by atoms with E-state index in [0.29, 0.717) is 6.04 Å². The SMILES string of the molecule is CC1CNc2cc(Br)ccc2N1C.O=CC(F)(F)F. The molecule has 1 aromatic carbocycles. The standard InChI is InChI=1S/C10H13BrN2.C2HF3O/c1-7-6-12-9-5-8(11)3-4-10(9)13(7)2;3-2(4,5)1-6/h3-5,7,12H,6H2,1-2H3;1H. The summed E-state index contributed by atoms with van der Waals surface area (Å²) in [5.74, 6) is 0. The minimum atomic E-state index is -4.64. The van der Waals surface area contributed by atoms with Crippen molar-refractivity contribution in [3.05, 3.63) is 22.7 Å². The molecule has 106 valence electrons. The first-order chi connectivity index (χ1) is 8.74. The van der Waals surface area contributed by atoms with Gasteiger partial charge >= 0.3 is 6.18 Å². The Morgan fingerprint density at radius 1 is 1.47 bits per heavy atom. The quantitative estimate of drug-likeness (QED) is 0.735. The molecule has 0 bridgehead atoms. The van der Waals surface area contributed by atoms with Crippen molar-refractivity contribution >= 4 is 33.6 Å². The Balaban J connectivity index is 0.000000258. The second-order valence-electron chi connectivity index (χ2n) is 4.16. The maximum Gasteiger partial charge on any atom is 0.446 e. The minimum Gasteiger partial charge on any atom is -0.381 e. The molecule has 1 aliphatic rings. The van der Waals surface area contributed by atoms with Crippen molar-refractivity contribution in [2.24, 2.45) is 0 Å². The highest BCUT2D eigenvalue weighted by Crippen LogP contribution is 2.32. The lowest BCUT2D eigenvalue weighted by molar-refractivity contribution is -0.156. The van der Waals surface area contributed by atoms with Gasteiger partial charge in [0.25, 0.3) is 0 Å². The molecule has 1 heterocycles. The Morgan fingerprint density at radius 3 is 2.58 bits per heavy atom. The smallest absolute Gasteiger partial charge is 0.381 e. The predicted molar refractivity (Wildman–Crippen MR) is 72.6 cm³/mol. The fourth-order valence-corrected chi connectivity index (χ4v) is 1.95. The summed E-state index contributed by atoms with van der Waals surface area (Å²) in [5, 5.41) is 3.41. The van der Waals surface area contributed by atoms with E-state index in [1.807, 2.05) is 0 Å². The molecule has 0 amide bonds. The highest BCUT2D eigenvalue weighted by molar-refractivity contribution is 9.10. The molecule has 2 rings (SSSR count). The van der Waals surface area contributed by atoms with Gasteiger partial charge in [-0.3, -0.25) is 4.79 Å². The van der Waals surface area contributed by atoms with E-state index < -0.39 is 12.5 Å². The molecule has 0 saturated carbocycles. The summed E-state index contributed by atoms with van der Waals surface area (Å²) >= 11 is 3.47. The van der Waals surface area contributed by atoms with Gasteiger partial charge in [-0.05, 0) is 25.1 Å². The van der Waals surface area contributed by atoms with Crippen LogP contribution in [0.4, 0.5) is 24.5 Å². The van der Waals surface area contributed by atoms with Gasteiger partial charge in [0.05, 0.1) is 11.4 Å². The molecule has 0 spiro atoms. The molecule has 1 atom stereocenters. The van der Waals surface area contributed by atoms with Crippen LogP contribution in [0.5, 0.6) is 0 Å². The second-order valence-corrected chi connectivity index (χ2v) is 5.08. The lowest BCUT2D eigenvalue weighted by Gasteiger charge is -2.34. The molecule has 19 heavy (non-hydrogen) atoms. The number of hydrogen-bond donors (Lipinski definition) is 1. The van der Waals surface area contributed by atoms with Crippen molar-refractivity contribution in [3.63, 3.8) is 0 Å². The predicted octanol–water partition coefficient (Wildman–Crippen LogP) is 3.45. The van der Waals surface area contributed by atoms with Crippen molar-refractivity contribution in [1.82, 2.24) is 0 Å². The fraction of sp³-hybridized carbons (Fsp3) is 0.417. The van der Waals surface area contributed by atoms with Crippen LogP contribution in [-0.4, -0.2) is 32.1 Å². The summed E-state index contributed by atoms with van der Waals surface area (Å²) in [4.78, 5) is 11.0. The Hall–Kier alpha value is -1.24. The number of hydrogen-bond acceptors (Lipinski definition) is 3. The average molecular weight is 339 g/mol. The third-order valence-corrected chi connectivity index (χ3v) is 3.21. The first-order valence-corrected chi connectivity index (χ1v) is 6.33. The van der Waals surface area contributed by atoms with Crippen molar-refractivity contribution in [3.8, 4) is 0 Å². The zero-order valence-electron chi connectivity index (χ0n) is 10.5. The number of benzene rings is 1. The second kappa shape index (κ2) is 6.27. The highest BCUT2D eigenvalue weighted by Gasteiger charge is 2.24. The minimum absolute atomic E-state index is 0.564. The van der Waals surface area contributed by atoms with Gasteiger partial charge in [0.15, 0.2) is 0 Å². The molecule has 1 unspecified atom stereocenters. The molecule has 0 saturated heterocycles. The molecule has 1 aliphatic heterocycles. The van der Waals surface area contributed by atoms with Gasteiger partial charge < -0.3 is 10.2 Å². The number of nitrogens with zero attached hydrogens (tertiary/aromatic N) is 1. The van der Waals surface area contributed by atoms with E-state index in [9.17, 15) is 13.2 Å². The summed E-state index contributed by atoms with van der Waals surface area (Å²) < 4.78 is 32.4. The van der Waals surface area contributed by atoms with Gasteiger partial charge in [0.2, 0.25) is 6.29 Å². The highest BCUT2D eigenvalue weighted by atomic mass is 79.9. The Kier molecular flexibility index (Phi) is 5.22. The Labute approximate surface area is 117 Å². The first-order valence-electron chi connectivity index (χ1n) is 5.54. The normalized spacial score (nSPS) is 17.8. The summed E-state index contributed by atoms with van der Waals surface area (Å²) in [6, 6.07) is 6.91. The van der Waals surface area contributed by atoms with Gasteiger partial charge in [-0.15, -0.1) is 0 Å². The van der Waals surface area contributed by atoms with Crippen molar-refractivity contribution in [2.75, 3.05) is 23.8 Å². The summed E-state index contributed by atoms with van der Waals surface area (Å²) in [7, 11) is 2.14. The Morgan fingerprint density at radius 2 is 2.05 bits per heavy atom. The van der Waals surface area contributed by atoms with E-state index in [4.69, 9.17) is 4.79 Å². The van der Waals surface area contributed by atoms with E-state index in [0.717, 1.165) is 11.0 Å². The maximum atomic E-state index is 10.4. The van der Waals surface area contributed by atoms with Crippen LogP contribution in [0.3, 0.4) is 0 Å². The fourth-order valence-electron chi connectivity index (χ4n) is 1.59. The molecular formula is C12H14BrF3N2O. The number of aldehydes is 1. The summed E-state index contributed by atoms with van der Waals surface area (Å²) in [6.45, 7) is 3.23. The zero-order valence-corrected chi connectivity index (χ0v) is 12.0. The van der Waals surface area contributed by atoms with E-state index in [1.165, 1.54) is 11.4 Å².